The fraction of sp³-hybridized carbons (Fsp3) is 0.538. The number of hydrogen-bond acceptors (Lipinski definition) is 2. The third-order valence-electron chi connectivity index (χ3n) is 3.34. The van der Waals surface area contributed by atoms with Gasteiger partial charge in [0, 0.05) is 25.2 Å². The van der Waals surface area contributed by atoms with Gasteiger partial charge in [0.15, 0.2) is 0 Å². The third kappa shape index (κ3) is 2.42. The van der Waals surface area contributed by atoms with Crippen LogP contribution in [0, 0.1) is 5.82 Å². The minimum atomic E-state index is -0.170. The summed E-state index contributed by atoms with van der Waals surface area (Å²) in [5.41, 5.74) is 7.11. The van der Waals surface area contributed by atoms with Gasteiger partial charge in [-0.3, -0.25) is 4.90 Å². The van der Waals surface area contributed by atoms with Crippen LogP contribution in [0.1, 0.15) is 31.4 Å². The summed E-state index contributed by atoms with van der Waals surface area (Å²) in [6.45, 7) is 4.17. The molecule has 1 aliphatic rings. The fourth-order valence-electron chi connectivity index (χ4n) is 2.49. The molecule has 1 aromatic rings. The van der Waals surface area contributed by atoms with E-state index < -0.39 is 0 Å². The van der Waals surface area contributed by atoms with Crippen LogP contribution in [0.5, 0.6) is 0 Å². The van der Waals surface area contributed by atoms with Gasteiger partial charge in [0.2, 0.25) is 0 Å². The maximum absolute atomic E-state index is 12.9. The van der Waals surface area contributed by atoms with Crippen molar-refractivity contribution in [1.82, 2.24) is 4.90 Å². The molecular formula is C13H19FN2. The molecule has 0 radical (unpaired) electrons. The molecular weight excluding hydrogens is 203 g/mol. The molecule has 2 nitrogen and oxygen atoms in total. The van der Waals surface area contributed by atoms with Gasteiger partial charge in [-0.15, -0.1) is 0 Å². The summed E-state index contributed by atoms with van der Waals surface area (Å²) in [7, 11) is 0. The smallest absolute Gasteiger partial charge is 0.123 e. The van der Waals surface area contributed by atoms with E-state index in [1.165, 1.54) is 17.7 Å². The van der Waals surface area contributed by atoms with Crippen molar-refractivity contribution < 1.29 is 4.39 Å². The molecule has 2 N–H and O–H groups in total. The highest BCUT2D eigenvalue weighted by Gasteiger charge is 2.25. The number of halogens is 1. The number of nitrogens with two attached hydrogens (primary N) is 1. The summed E-state index contributed by atoms with van der Waals surface area (Å²) in [4.78, 5) is 2.40. The van der Waals surface area contributed by atoms with Crippen molar-refractivity contribution in [1.29, 1.82) is 0 Å². The minimum absolute atomic E-state index is 0.170. The molecule has 16 heavy (non-hydrogen) atoms. The molecule has 0 bridgehead atoms. The maximum Gasteiger partial charge on any atom is 0.123 e. The van der Waals surface area contributed by atoms with E-state index in [2.05, 4.69) is 11.8 Å². The molecule has 1 heterocycles. The van der Waals surface area contributed by atoms with Gasteiger partial charge >= 0.3 is 0 Å². The summed E-state index contributed by atoms with van der Waals surface area (Å²) in [6, 6.07) is 7.52. The Bertz CT molecular complexity index is 336. The average Bonchev–Trinajstić information content (AvgIpc) is 2.69. The number of rotatable bonds is 3. The van der Waals surface area contributed by atoms with Crippen LogP contribution in [-0.2, 0) is 0 Å². The lowest BCUT2D eigenvalue weighted by Crippen LogP contribution is -2.29. The molecule has 0 aromatic heterocycles. The number of benzene rings is 1. The van der Waals surface area contributed by atoms with Crippen LogP contribution in [0.25, 0.3) is 0 Å². The Kier molecular flexibility index (Phi) is 3.56. The molecule has 3 heteroatoms. The van der Waals surface area contributed by atoms with Crippen molar-refractivity contribution >= 4 is 0 Å². The van der Waals surface area contributed by atoms with Crippen LogP contribution in [0.4, 0.5) is 4.39 Å². The average molecular weight is 222 g/mol. The first-order valence-electron chi connectivity index (χ1n) is 5.95. The summed E-state index contributed by atoms with van der Waals surface area (Å²) in [6.07, 6.45) is 2.11. The molecule has 0 spiro atoms. The lowest BCUT2D eigenvalue weighted by Gasteiger charge is -2.27. The second kappa shape index (κ2) is 4.93. The molecule has 0 amide bonds. The summed E-state index contributed by atoms with van der Waals surface area (Å²) in [5.74, 6) is -0.170. The van der Waals surface area contributed by atoms with Crippen molar-refractivity contribution in [2.24, 2.45) is 5.73 Å². The van der Waals surface area contributed by atoms with Crippen LogP contribution >= 0.6 is 0 Å². The Morgan fingerprint density at radius 1 is 1.44 bits per heavy atom. The Morgan fingerprint density at radius 2 is 2.12 bits per heavy atom. The lowest BCUT2D eigenvalue weighted by molar-refractivity contribution is 0.236. The van der Waals surface area contributed by atoms with E-state index in [0.717, 1.165) is 25.9 Å². The van der Waals surface area contributed by atoms with E-state index in [9.17, 15) is 4.39 Å². The second-order valence-corrected chi connectivity index (χ2v) is 4.52. The van der Waals surface area contributed by atoms with E-state index in [1.54, 1.807) is 0 Å². The van der Waals surface area contributed by atoms with E-state index in [0.29, 0.717) is 12.1 Å². The van der Waals surface area contributed by atoms with E-state index in [1.807, 2.05) is 12.1 Å². The van der Waals surface area contributed by atoms with Gasteiger partial charge in [0.1, 0.15) is 5.82 Å². The predicted octanol–water partition coefficient (Wildman–Crippen LogP) is 2.31. The Morgan fingerprint density at radius 3 is 2.62 bits per heavy atom. The Labute approximate surface area is 96.2 Å². The highest BCUT2D eigenvalue weighted by molar-refractivity contribution is 5.20. The lowest BCUT2D eigenvalue weighted by atomic mass is 10.0. The van der Waals surface area contributed by atoms with Crippen LogP contribution in [0.3, 0.4) is 0 Å². The Hall–Kier alpha value is -0.930. The quantitative estimate of drug-likeness (QED) is 0.850. The molecule has 1 fully saturated rings. The van der Waals surface area contributed by atoms with Crippen molar-refractivity contribution in [3.05, 3.63) is 35.6 Å². The highest BCUT2D eigenvalue weighted by Crippen LogP contribution is 2.27. The molecule has 2 unspecified atom stereocenters. The van der Waals surface area contributed by atoms with Gasteiger partial charge in [-0.25, -0.2) is 4.39 Å². The number of hydrogen-bond donors (Lipinski definition) is 1. The maximum atomic E-state index is 12.9. The Balaban J connectivity index is 2.13. The molecule has 2 rings (SSSR count). The SMILES string of the molecule is CCC(c1ccc(F)cc1)N1CCC(N)C1. The fourth-order valence-corrected chi connectivity index (χ4v) is 2.49. The predicted molar refractivity (Wildman–Crippen MR) is 63.6 cm³/mol. The van der Waals surface area contributed by atoms with Crippen molar-refractivity contribution in [2.75, 3.05) is 13.1 Å². The normalized spacial score (nSPS) is 23.6. The molecule has 2 atom stereocenters. The van der Waals surface area contributed by atoms with E-state index in [4.69, 9.17) is 5.73 Å². The van der Waals surface area contributed by atoms with Crippen molar-refractivity contribution in [2.45, 2.75) is 31.8 Å². The summed E-state index contributed by atoms with van der Waals surface area (Å²) >= 11 is 0. The van der Waals surface area contributed by atoms with Gasteiger partial charge in [0.25, 0.3) is 0 Å². The second-order valence-electron chi connectivity index (χ2n) is 4.52. The third-order valence-corrected chi connectivity index (χ3v) is 3.34. The molecule has 0 aliphatic carbocycles. The largest absolute Gasteiger partial charge is 0.326 e. The molecule has 1 aliphatic heterocycles. The zero-order valence-electron chi connectivity index (χ0n) is 9.70. The van der Waals surface area contributed by atoms with Crippen LogP contribution in [0.15, 0.2) is 24.3 Å². The molecule has 1 saturated heterocycles. The first-order valence-corrected chi connectivity index (χ1v) is 5.95. The van der Waals surface area contributed by atoms with Crippen molar-refractivity contribution in [3.8, 4) is 0 Å². The number of likely N-dealkylation sites (tertiary alicyclic amines) is 1. The first kappa shape index (κ1) is 11.6. The van der Waals surface area contributed by atoms with Crippen LogP contribution < -0.4 is 5.73 Å². The highest BCUT2D eigenvalue weighted by atomic mass is 19.1. The van der Waals surface area contributed by atoms with Gasteiger partial charge in [0.05, 0.1) is 0 Å². The minimum Gasteiger partial charge on any atom is -0.326 e. The van der Waals surface area contributed by atoms with Crippen molar-refractivity contribution in [3.63, 3.8) is 0 Å². The van der Waals surface area contributed by atoms with Gasteiger partial charge < -0.3 is 5.73 Å². The zero-order chi connectivity index (χ0) is 11.5. The standard InChI is InChI=1S/C13H19FN2/c1-2-13(16-8-7-12(15)9-16)10-3-5-11(14)6-4-10/h3-6,12-13H,2,7-9,15H2,1H3. The topological polar surface area (TPSA) is 29.3 Å². The van der Waals surface area contributed by atoms with Gasteiger partial charge in [-0.05, 0) is 30.5 Å². The monoisotopic (exact) mass is 222 g/mol. The number of nitrogens with zero attached hydrogens (tertiary/aromatic N) is 1. The van der Waals surface area contributed by atoms with E-state index >= 15 is 0 Å². The summed E-state index contributed by atoms with van der Waals surface area (Å²) in [5, 5.41) is 0. The molecule has 0 saturated carbocycles. The van der Waals surface area contributed by atoms with E-state index in [-0.39, 0.29) is 5.82 Å². The van der Waals surface area contributed by atoms with Crippen LogP contribution in [0.2, 0.25) is 0 Å². The zero-order valence-corrected chi connectivity index (χ0v) is 9.70. The summed E-state index contributed by atoms with van der Waals surface area (Å²) < 4.78 is 12.9. The van der Waals surface area contributed by atoms with Gasteiger partial charge in [-0.1, -0.05) is 19.1 Å². The molecule has 1 aromatic carbocycles. The van der Waals surface area contributed by atoms with Gasteiger partial charge in [-0.2, -0.15) is 0 Å². The first-order chi connectivity index (χ1) is 7.70. The van der Waals surface area contributed by atoms with Crippen LogP contribution in [-0.4, -0.2) is 24.0 Å². The molecule has 88 valence electrons.